The predicted molar refractivity (Wildman–Crippen MR) is 155 cm³/mol. The van der Waals surface area contributed by atoms with Crippen LogP contribution in [-0.2, 0) is 16.6 Å². The lowest BCUT2D eigenvalue weighted by molar-refractivity contribution is 0.0343. The van der Waals surface area contributed by atoms with Gasteiger partial charge in [-0.3, -0.25) is 14.4 Å². The topological polar surface area (TPSA) is 136 Å². The van der Waals surface area contributed by atoms with E-state index in [0.29, 0.717) is 19.6 Å². The summed E-state index contributed by atoms with van der Waals surface area (Å²) in [7, 11) is -2.06. The molecule has 41 heavy (non-hydrogen) atoms. The Kier molecular flexibility index (Phi) is 9.31. The van der Waals surface area contributed by atoms with E-state index in [9.17, 15) is 28.2 Å². The average Bonchev–Trinajstić information content (AvgIpc) is 2.95. The van der Waals surface area contributed by atoms with Crippen molar-refractivity contribution in [1.29, 1.82) is 0 Å². The Morgan fingerprint density at radius 1 is 1.10 bits per heavy atom. The fraction of sp³-hybridized carbons (Fsp3) is 0.333. The average molecular weight is 582 g/mol. The number of nitrogens with zero attached hydrogens (tertiary/aromatic N) is 2. The molecule has 218 valence electrons. The highest BCUT2D eigenvalue weighted by Crippen LogP contribution is 2.36. The van der Waals surface area contributed by atoms with Crippen LogP contribution < -0.4 is 9.46 Å². The largest absolute Gasteiger partial charge is 0.486 e. The molecule has 0 radical (unpaired) electrons. The van der Waals surface area contributed by atoms with E-state index in [1.807, 2.05) is 18.9 Å². The Balaban J connectivity index is 1.67. The first-order valence-corrected chi connectivity index (χ1v) is 14.8. The number of nitrogens with one attached hydrogen (secondary N) is 1. The van der Waals surface area contributed by atoms with E-state index in [2.05, 4.69) is 4.72 Å². The number of anilines is 1. The second kappa shape index (κ2) is 12.7. The Bertz CT molecular complexity index is 1480. The van der Waals surface area contributed by atoms with Gasteiger partial charge in [-0.1, -0.05) is 43.3 Å². The van der Waals surface area contributed by atoms with Crippen LogP contribution in [0.3, 0.4) is 0 Å². The van der Waals surface area contributed by atoms with E-state index >= 15 is 0 Å². The van der Waals surface area contributed by atoms with Gasteiger partial charge in [-0.2, -0.15) is 0 Å². The number of fused-ring (bicyclic) bond motifs is 1. The summed E-state index contributed by atoms with van der Waals surface area (Å²) in [5.41, 5.74) is 1.46. The first-order valence-electron chi connectivity index (χ1n) is 13.3. The van der Waals surface area contributed by atoms with Gasteiger partial charge in [-0.25, -0.2) is 13.2 Å². The molecule has 4 rings (SSSR count). The van der Waals surface area contributed by atoms with Crippen LogP contribution in [-0.4, -0.2) is 79.2 Å². The summed E-state index contributed by atoms with van der Waals surface area (Å²) in [5.74, 6) is -1.41. The Morgan fingerprint density at radius 3 is 2.41 bits per heavy atom. The third kappa shape index (κ3) is 7.05. The van der Waals surface area contributed by atoms with E-state index in [1.54, 1.807) is 72.5 Å². The number of aliphatic hydroxyl groups excluding tert-OH is 1. The molecule has 3 aromatic carbocycles. The number of rotatable bonds is 10. The maximum absolute atomic E-state index is 13.7. The van der Waals surface area contributed by atoms with Gasteiger partial charge in [0.25, 0.3) is 15.9 Å². The number of hydrogen-bond acceptors (Lipinski definition) is 7. The molecule has 3 N–H and O–H groups in total. The van der Waals surface area contributed by atoms with Crippen molar-refractivity contribution in [3.63, 3.8) is 0 Å². The third-order valence-electron chi connectivity index (χ3n) is 7.13. The molecule has 11 heteroatoms. The number of carboxylic acids is 1. The highest BCUT2D eigenvalue weighted by Gasteiger charge is 2.35. The molecule has 1 aliphatic heterocycles. The number of para-hydroxylation sites is 1. The zero-order chi connectivity index (χ0) is 29.7. The molecule has 0 saturated heterocycles. The highest BCUT2D eigenvalue weighted by atomic mass is 32.2. The van der Waals surface area contributed by atoms with E-state index in [0.717, 1.165) is 5.56 Å². The van der Waals surface area contributed by atoms with Crippen LogP contribution in [0, 0.1) is 5.92 Å². The molecule has 0 bridgehead atoms. The molecule has 0 fully saturated rings. The number of sulfonamides is 1. The SMILES string of the molecule is C[C@@H]1CN([C@@H](C)CO)C(=O)c2cccc(NS(=O)(=O)c3ccccc3)c2O[C@@H]1CN(C)Cc1ccc(C(=O)O)cc1. The van der Waals surface area contributed by atoms with Gasteiger partial charge in [0.2, 0.25) is 0 Å². The summed E-state index contributed by atoms with van der Waals surface area (Å²) in [6.45, 7) is 4.74. The van der Waals surface area contributed by atoms with Crippen LogP contribution in [0.15, 0.2) is 77.7 Å². The molecule has 0 saturated carbocycles. The monoisotopic (exact) mass is 581 g/mol. The van der Waals surface area contributed by atoms with Gasteiger partial charge in [-0.05, 0) is 55.9 Å². The van der Waals surface area contributed by atoms with Crippen LogP contribution in [0.2, 0.25) is 0 Å². The van der Waals surface area contributed by atoms with Gasteiger partial charge in [-0.15, -0.1) is 0 Å². The zero-order valence-corrected chi connectivity index (χ0v) is 24.0. The summed E-state index contributed by atoms with van der Waals surface area (Å²) < 4.78 is 35.5. The second-order valence-electron chi connectivity index (χ2n) is 10.4. The number of amides is 1. The van der Waals surface area contributed by atoms with Crippen molar-refractivity contribution in [2.75, 3.05) is 31.5 Å². The van der Waals surface area contributed by atoms with E-state index in [-0.39, 0.29) is 45.9 Å². The molecule has 0 unspecified atom stereocenters. The molecule has 1 amide bonds. The van der Waals surface area contributed by atoms with Gasteiger partial charge in [0.15, 0.2) is 5.75 Å². The van der Waals surface area contributed by atoms with Crippen molar-refractivity contribution in [2.24, 2.45) is 5.92 Å². The molecule has 10 nitrogen and oxygen atoms in total. The molecule has 0 aromatic heterocycles. The number of aromatic carboxylic acids is 1. The first-order chi connectivity index (χ1) is 19.5. The van der Waals surface area contributed by atoms with E-state index < -0.39 is 28.1 Å². The number of carboxylic acid groups (broad SMARTS) is 1. The molecule has 0 spiro atoms. The van der Waals surface area contributed by atoms with Crippen LogP contribution >= 0.6 is 0 Å². The van der Waals surface area contributed by atoms with Crippen molar-refractivity contribution in [3.05, 3.63) is 89.5 Å². The number of carbonyl (C=O) groups is 2. The normalized spacial score (nSPS) is 18.2. The number of ether oxygens (including phenoxy) is 1. The molecule has 0 aliphatic carbocycles. The lowest BCUT2D eigenvalue weighted by atomic mass is 9.99. The van der Waals surface area contributed by atoms with Gasteiger partial charge < -0.3 is 19.8 Å². The summed E-state index contributed by atoms with van der Waals surface area (Å²) >= 11 is 0. The van der Waals surface area contributed by atoms with Crippen molar-refractivity contribution >= 4 is 27.6 Å². The summed E-state index contributed by atoms with van der Waals surface area (Å²) in [4.78, 5) is 28.6. The van der Waals surface area contributed by atoms with Gasteiger partial charge in [0.05, 0.1) is 34.4 Å². The molecular weight excluding hydrogens is 546 g/mol. The molecule has 3 atom stereocenters. The van der Waals surface area contributed by atoms with Crippen molar-refractivity contribution < 1.29 is 33.0 Å². The summed E-state index contributed by atoms with van der Waals surface area (Å²) in [6.07, 6.45) is -0.457. The molecule has 1 heterocycles. The molecule has 3 aromatic rings. The summed E-state index contributed by atoms with van der Waals surface area (Å²) in [5, 5.41) is 19.1. The third-order valence-corrected chi connectivity index (χ3v) is 8.52. The predicted octanol–water partition coefficient (Wildman–Crippen LogP) is 3.54. The minimum atomic E-state index is -3.97. The Labute approximate surface area is 240 Å². The first kappa shape index (κ1) is 30.0. The number of carbonyl (C=O) groups excluding carboxylic acids is 1. The van der Waals surface area contributed by atoms with E-state index in [1.165, 1.54) is 12.1 Å². The van der Waals surface area contributed by atoms with Crippen LogP contribution in [0.1, 0.15) is 40.1 Å². The summed E-state index contributed by atoms with van der Waals surface area (Å²) in [6, 6.07) is 18.9. The Morgan fingerprint density at radius 2 is 1.78 bits per heavy atom. The lowest BCUT2D eigenvalue weighted by Crippen LogP contribution is -2.49. The van der Waals surface area contributed by atoms with E-state index in [4.69, 9.17) is 4.74 Å². The fourth-order valence-corrected chi connectivity index (χ4v) is 5.86. The zero-order valence-electron chi connectivity index (χ0n) is 23.2. The maximum Gasteiger partial charge on any atom is 0.335 e. The van der Waals surface area contributed by atoms with Gasteiger partial charge in [0.1, 0.15) is 6.10 Å². The molecule has 1 aliphatic rings. The minimum Gasteiger partial charge on any atom is -0.486 e. The number of benzene rings is 3. The van der Waals surface area contributed by atoms with Crippen molar-refractivity contribution in [1.82, 2.24) is 9.80 Å². The fourth-order valence-electron chi connectivity index (χ4n) is 4.78. The second-order valence-corrected chi connectivity index (χ2v) is 12.1. The number of likely N-dealkylation sites (N-methyl/N-ethyl adjacent to an activating group) is 1. The quantitative estimate of drug-likeness (QED) is 0.331. The maximum atomic E-state index is 13.7. The van der Waals surface area contributed by atoms with Crippen LogP contribution in [0.5, 0.6) is 5.75 Å². The lowest BCUT2D eigenvalue weighted by Gasteiger charge is -2.38. The number of aliphatic hydroxyl groups is 1. The van der Waals surface area contributed by atoms with Crippen LogP contribution in [0.25, 0.3) is 0 Å². The molecular formula is C30H35N3O7S. The van der Waals surface area contributed by atoms with Crippen LogP contribution in [0.4, 0.5) is 5.69 Å². The highest BCUT2D eigenvalue weighted by molar-refractivity contribution is 7.92. The minimum absolute atomic E-state index is 0.0730. The van der Waals surface area contributed by atoms with Gasteiger partial charge >= 0.3 is 5.97 Å². The number of hydrogen-bond donors (Lipinski definition) is 3. The Hall–Kier alpha value is -3.93. The van der Waals surface area contributed by atoms with Gasteiger partial charge in [0, 0.05) is 25.6 Å². The standard InChI is InChI=1S/C30H35N3O7S/c1-20-16-33(21(2)19-34)29(35)25-10-7-11-26(31-41(38,39)24-8-5-4-6-9-24)28(25)40-27(20)18-32(3)17-22-12-14-23(15-13-22)30(36)37/h4-15,20-21,27,31,34H,16-19H2,1-3H3,(H,36,37)/t20-,21+,27-/m1/s1. The van der Waals surface area contributed by atoms with Crippen molar-refractivity contribution in [2.45, 2.75) is 37.4 Å². The smallest absolute Gasteiger partial charge is 0.335 e. The van der Waals surface area contributed by atoms with Crippen molar-refractivity contribution in [3.8, 4) is 5.75 Å².